The highest BCUT2D eigenvalue weighted by Gasteiger charge is 2.54. The van der Waals surface area contributed by atoms with Gasteiger partial charge in [-0.2, -0.15) is 0 Å². The Bertz CT molecular complexity index is 623. The normalized spacial score (nSPS) is 20.1. The third kappa shape index (κ3) is 1.98. The lowest BCUT2D eigenvalue weighted by Crippen LogP contribution is -2.41. The van der Waals surface area contributed by atoms with Crippen LogP contribution in [-0.2, 0) is 10.2 Å². The van der Waals surface area contributed by atoms with Crippen LogP contribution in [0.2, 0.25) is 0 Å². The van der Waals surface area contributed by atoms with E-state index < -0.39 is 5.41 Å². The van der Waals surface area contributed by atoms with E-state index in [1.54, 1.807) is 0 Å². The van der Waals surface area contributed by atoms with Crippen molar-refractivity contribution < 1.29 is 4.79 Å². The summed E-state index contributed by atoms with van der Waals surface area (Å²) in [5.74, 6) is 0.252. The van der Waals surface area contributed by atoms with E-state index in [2.05, 4.69) is 30.8 Å². The van der Waals surface area contributed by atoms with Gasteiger partial charge in [-0.25, -0.2) is 0 Å². The van der Waals surface area contributed by atoms with Crippen molar-refractivity contribution in [3.05, 3.63) is 84.4 Å². The zero-order valence-electron chi connectivity index (χ0n) is 12.9. The van der Waals surface area contributed by atoms with Crippen LogP contribution >= 0.6 is 0 Å². The Morgan fingerprint density at radius 2 is 1.59 bits per heavy atom. The number of hydrogen-bond donors (Lipinski definition) is 0. The smallest absolute Gasteiger partial charge is 0.238 e. The van der Waals surface area contributed by atoms with Crippen LogP contribution in [-0.4, -0.2) is 23.9 Å². The molecular formula is C20H21NO. The number of nitrogens with zero attached hydrogens (tertiary/aromatic N) is 1. The number of benzene rings is 2. The molecule has 0 spiro atoms. The summed E-state index contributed by atoms with van der Waals surface area (Å²) in [5, 5.41) is 0. The number of likely N-dealkylation sites (N-methyl/N-ethyl adjacent to an activating group) is 1. The summed E-state index contributed by atoms with van der Waals surface area (Å²) < 4.78 is 0. The molecule has 0 aliphatic carbocycles. The van der Waals surface area contributed by atoms with Crippen molar-refractivity contribution in [1.82, 2.24) is 4.90 Å². The molecule has 2 nitrogen and oxygen atoms in total. The fourth-order valence-electron chi connectivity index (χ4n) is 3.63. The van der Waals surface area contributed by atoms with Crippen molar-refractivity contribution in [3.63, 3.8) is 0 Å². The molecule has 1 unspecified atom stereocenters. The number of amides is 1. The lowest BCUT2D eigenvalue weighted by molar-refractivity contribution is -0.131. The largest absolute Gasteiger partial charge is 0.341 e. The topological polar surface area (TPSA) is 20.3 Å². The van der Waals surface area contributed by atoms with Gasteiger partial charge >= 0.3 is 0 Å². The first kappa shape index (κ1) is 14.6. The Hall–Kier alpha value is -2.35. The number of carbonyl (C=O) groups excluding carboxylic acids is 1. The number of likely N-dealkylation sites (tertiary alicyclic amines) is 1. The molecule has 1 amide bonds. The Labute approximate surface area is 132 Å². The van der Waals surface area contributed by atoms with Crippen LogP contribution in [0.3, 0.4) is 0 Å². The molecule has 1 saturated heterocycles. The Morgan fingerprint density at radius 3 is 2.00 bits per heavy atom. The van der Waals surface area contributed by atoms with Gasteiger partial charge in [0, 0.05) is 19.0 Å². The van der Waals surface area contributed by atoms with Gasteiger partial charge in [-0.1, -0.05) is 66.7 Å². The number of hydrogen-bond acceptors (Lipinski definition) is 1. The minimum atomic E-state index is -0.652. The van der Waals surface area contributed by atoms with Gasteiger partial charge in [0.25, 0.3) is 0 Å². The predicted octanol–water partition coefficient (Wildman–Crippen LogP) is 3.64. The zero-order valence-corrected chi connectivity index (χ0v) is 12.9. The van der Waals surface area contributed by atoms with Crippen molar-refractivity contribution in [2.45, 2.75) is 12.3 Å². The van der Waals surface area contributed by atoms with Gasteiger partial charge in [0.2, 0.25) is 5.91 Å². The molecular weight excluding hydrogens is 270 g/mol. The highest BCUT2D eigenvalue weighted by Crippen LogP contribution is 2.46. The van der Waals surface area contributed by atoms with Crippen LogP contribution < -0.4 is 0 Å². The molecule has 0 N–H and O–H groups in total. The molecule has 1 atom stereocenters. The van der Waals surface area contributed by atoms with Gasteiger partial charge in [-0.05, 0) is 18.1 Å². The molecule has 1 fully saturated rings. The molecule has 112 valence electrons. The van der Waals surface area contributed by atoms with E-state index in [0.29, 0.717) is 0 Å². The van der Waals surface area contributed by atoms with E-state index in [0.717, 1.165) is 24.2 Å². The molecule has 1 aliphatic rings. The predicted molar refractivity (Wildman–Crippen MR) is 89.6 cm³/mol. The first-order valence-electron chi connectivity index (χ1n) is 7.78. The van der Waals surface area contributed by atoms with Crippen LogP contribution in [0.25, 0.3) is 0 Å². The molecule has 0 saturated carbocycles. The van der Waals surface area contributed by atoms with Gasteiger partial charge in [-0.3, -0.25) is 4.79 Å². The Kier molecular flexibility index (Phi) is 3.84. The van der Waals surface area contributed by atoms with E-state index in [9.17, 15) is 4.79 Å². The molecule has 0 aromatic heterocycles. The van der Waals surface area contributed by atoms with E-state index in [-0.39, 0.29) is 11.8 Å². The first-order valence-corrected chi connectivity index (χ1v) is 7.78. The summed E-state index contributed by atoms with van der Waals surface area (Å²) in [6, 6.07) is 20.2. The lowest BCUT2D eigenvalue weighted by atomic mass is 9.67. The van der Waals surface area contributed by atoms with Gasteiger partial charge in [0.1, 0.15) is 5.41 Å². The maximum absolute atomic E-state index is 13.3. The van der Waals surface area contributed by atoms with Crippen LogP contribution in [0.1, 0.15) is 18.1 Å². The number of carbonyl (C=O) groups is 1. The molecule has 2 aromatic rings. The van der Waals surface area contributed by atoms with Crippen molar-refractivity contribution in [2.75, 3.05) is 13.1 Å². The first-order chi connectivity index (χ1) is 10.7. The van der Waals surface area contributed by atoms with E-state index in [1.165, 1.54) is 0 Å². The third-order valence-corrected chi connectivity index (χ3v) is 4.72. The Balaban J connectivity index is 2.28. The maximum Gasteiger partial charge on any atom is 0.238 e. The van der Waals surface area contributed by atoms with Crippen molar-refractivity contribution in [2.24, 2.45) is 5.92 Å². The van der Waals surface area contributed by atoms with Gasteiger partial charge in [-0.15, -0.1) is 6.58 Å². The summed E-state index contributed by atoms with van der Waals surface area (Å²) in [6.45, 7) is 7.50. The summed E-state index contributed by atoms with van der Waals surface area (Å²) in [7, 11) is 0. The van der Waals surface area contributed by atoms with Gasteiger partial charge in [0.15, 0.2) is 0 Å². The highest BCUT2D eigenvalue weighted by atomic mass is 16.2. The minimum Gasteiger partial charge on any atom is -0.341 e. The highest BCUT2D eigenvalue weighted by molar-refractivity contribution is 5.95. The summed E-state index contributed by atoms with van der Waals surface area (Å²) in [4.78, 5) is 15.2. The Morgan fingerprint density at radius 1 is 1.09 bits per heavy atom. The SMILES string of the molecule is C=CC1CN(CC)C(=O)C1(c1ccccc1)c1ccccc1. The van der Waals surface area contributed by atoms with Crippen molar-refractivity contribution in [3.8, 4) is 0 Å². The standard InChI is InChI=1S/C20H21NO/c1-3-16-15-21(4-2)19(22)20(16,17-11-7-5-8-12-17)18-13-9-6-10-14-18/h3,5-14,16H,1,4,15H2,2H3. The average molecular weight is 291 g/mol. The molecule has 1 aliphatic heterocycles. The third-order valence-electron chi connectivity index (χ3n) is 4.72. The van der Waals surface area contributed by atoms with E-state index in [1.807, 2.05) is 54.3 Å². The fraction of sp³-hybridized carbons (Fsp3) is 0.250. The van der Waals surface area contributed by atoms with Crippen LogP contribution in [0.4, 0.5) is 0 Å². The number of rotatable bonds is 4. The summed E-state index contributed by atoms with van der Waals surface area (Å²) in [6.07, 6.45) is 1.94. The van der Waals surface area contributed by atoms with E-state index in [4.69, 9.17) is 0 Å². The molecule has 3 rings (SSSR count). The molecule has 0 bridgehead atoms. The maximum atomic E-state index is 13.3. The van der Waals surface area contributed by atoms with Gasteiger partial charge in [0.05, 0.1) is 0 Å². The minimum absolute atomic E-state index is 0.0738. The van der Waals surface area contributed by atoms with Crippen LogP contribution in [0.15, 0.2) is 73.3 Å². The lowest BCUT2D eigenvalue weighted by Gasteiger charge is -2.32. The second-order valence-electron chi connectivity index (χ2n) is 5.73. The summed E-state index contributed by atoms with van der Waals surface area (Å²) >= 11 is 0. The zero-order chi connectivity index (χ0) is 15.6. The molecule has 22 heavy (non-hydrogen) atoms. The molecule has 2 heteroatoms. The van der Waals surface area contributed by atoms with Crippen molar-refractivity contribution in [1.29, 1.82) is 0 Å². The van der Waals surface area contributed by atoms with Crippen LogP contribution in [0.5, 0.6) is 0 Å². The molecule has 2 aromatic carbocycles. The second-order valence-corrected chi connectivity index (χ2v) is 5.73. The fourth-order valence-corrected chi connectivity index (χ4v) is 3.63. The van der Waals surface area contributed by atoms with Crippen LogP contribution in [0, 0.1) is 5.92 Å². The van der Waals surface area contributed by atoms with Crippen molar-refractivity contribution >= 4 is 5.91 Å². The monoisotopic (exact) mass is 291 g/mol. The average Bonchev–Trinajstić information content (AvgIpc) is 2.89. The molecule has 1 heterocycles. The van der Waals surface area contributed by atoms with E-state index >= 15 is 0 Å². The summed E-state index contributed by atoms with van der Waals surface area (Å²) in [5.41, 5.74) is 1.44. The van der Waals surface area contributed by atoms with Gasteiger partial charge < -0.3 is 4.90 Å². The molecule has 0 radical (unpaired) electrons. The second kappa shape index (κ2) is 5.80. The quantitative estimate of drug-likeness (QED) is 0.788.